The molecule has 5 heteroatoms. The van der Waals surface area contributed by atoms with E-state index >= 15 is 0 Å². The van der Waals surface area contributed by atoms with Crippen molar-refractivity contribution in [2.24, 2.45) is 0 Å². The van der Waals surface area contributed by atoms with Gasteiger partial charge < -0.3 is 10.6 Å². The van der Waals surface area contributed by atoms with Crippen LogP contribution >= 0.6 is 0 Å². The number of nitrogens with one attached hydrogen (secondary N) is 2. The van der Waals surface area contributed by atoms with Gasteiger partial charge in [-0.25, -0.2) is 4.98 Å². The number of hydrogen-bond donors (Lipinski definition) is 2. The van der Waals surface area contributed by atoms with Gasteiger partial charge in [0.2, 0.25) is 5.95 Å². The highest BCUT2D eigenvalue weighted by atomic mass is 15.1. The molecule has 3 rings (SSSR count). The Morgan fingerprint density at radius 2 is 1.87 bits per heavy atom. The predicted molar refractivity (Wildman–Crippen MR) is 91.7 cm³/mol. The summed E-state index contributed by atoms with van der Waals surface area (Å²) in [5.41, 5.74) is 2.57. The Hall–Kier alpha value is -2.61. The zero-order valence-electron chi connectivity index (χ0n) is 13.3. The van der Waals surface area contributed by atoms with Gasteiger partial charge in [0, 0.05) is 23.5 Å². The van der Waals surface area contributed by atoms with Crippen LogP contribution in [0.4, 0.5) is 17.5 Å². The van der Waals surface area contributed by atoms with Crippen LogP contribution in [0.3, 0.4) is 0 Å². The topological polar surface area (TPSA) is 73.6 Å². The molecule has 0 bridgehead atoms. The van der Waals surface area contributed by atoms with Crippen LogP contribution in [0, 0.1) is 18.3 Å². The van der Waals surface area contributed by atoms with Crippen molar-refractivity contribution in [2.45, 2.75) is 45.1 Å². The van der Waals surface area contributed by atoms with Gasteiger partial charge in [0.1, 0.15) is 5.82 Å². The molecule has 1 saturated carbocycles. The van der Waals surface area contributed by atoms with E-state index in [2.05, 4.69) is 26.7 Å². The van der Waals surface area contributed by atoms with Crippen LogP contribution in [-0.4, -0.2) is 16.0 Å². The highest BCUT2D eigenvalue weighted by Crippen LogP contribution is 2.23. The average Bonchev–Trinajstić information content (AvgIpc) is 2.59. The summed E-state index contributed by atoms with van der Waals surface area (Å²) in [5, 5.41) is 15.6. The van der Waals surface area contributed by atoms with E-state index in [-0.39, 0.29) is 0 Å². The Morgan fingerprint density at radius 1 is 1.13 bits per heavy atom. The smallest absolute Gasteiger partial charge is 0.229 e. The van der Waals surface area contributed by atoms with Gasteiger partial charge in [0.05, 0.1) is 11.6 Å². The lowest BCUT2D eigenvalue weighted by Gasteiger charge is -2.24. The number of nitrogens with zero attached hydrogens (tertiary/aromatic N) is 3. The molecule has 1 aromatic carbocycles. The molecule has 1 aliphatic carbocycles. The molecule has 0 saturated heterocycles. The van der Waals surface area contributed by atoms with Crippen molar-refractivity contribution in [3.8, 4) is 6.07 Å². The maximum atomic E-state index is 8.84. The summed E-state index contributed by atoms with van der Waals surface area (Å²) in [6.07, 6.45) is 8.18. The molecule has 0 atom stereocenters. The second-order valence-corrected chi connectivity index (χ2v) is 6.02. The van der Waals surface area contributed by atoms with Gasteiger partial charge in [-0.05, 0) is 44.0 Å². The fourth-order valence-corrected chi connectivity index (χ4v) is 2.85. The normalized spacial score (nSPS) is 15.0. The molecule has 118 valence electrons. The quantitative estimate of drug-likeness (QED) is 0.888. The first-order valence-corrected chi connectivity index (χ1v) is 8.12. The zero-order chi connectivity index (χ0) is 16.1. The van der Waals surface area contributed by atoms with Crippen molar-refractivity contribution in [2.75, 3.05) is 10.6 Å². The van der Waals surface area contributed by atoms with E-state index < -0.39 is 0 Å². The maximum absolute atomic E-state index is 8.84. The lowest BCUT2D eigenvalue weighted by molar-refractivity contribution is 0.461. The Morgan fingerprint density at radius 3 is 2.57 bits per heavy atom. The SMILES string of the molecule is Cc1cnc(Nc2ccc(C#N)cc2)nc1NC1CCCCC1. The molecular formula is C18H21N5. The first-order chi connectivity index (χ1) is 11.2. The molecule has 0 unspecified atom stereocenters. The third kappa shape index (κ3) is 3.98. The standard InChI is InChI=1S/C18H21N5/c1-13-12-20-18(22-16-9-7-14(11-19)8-10-16)23-17(13)21-15-5-3-2-4-6-15/h7-10,12,15H,2-6H2,1H3,(H2,20,21,22,23). The highest BCUT2D eigenvalue weighted by molar-refractivity contribution is 5.57. The van der Waals surface area contributed by atoms with Gasteiger partial charge in [-0.15, -0.1) is 0 Å². The second kappa shape index (κ2) is 7.10. The molecule has 1 fully saturated rings. The van der Waals surface area contributed by atoms with Gasteiger partial charge in [0.15, 0.2) is 0 Å². The average molecular weight is 307 g/mol. The third-order valence-electron chi connectivity index (χ3n) is 4.19. The molecule has 1 aromatic heterocycles. The minimum Gasteiger partial charge on any atom is -0.367 e. The van der Waals surface area contributed by atoms with Gasteiger partial charge in [0.25, 0.3) is 0 Å². The second-order valence-electron chi connectivity index (χ2n) is 6.02. The largest absolute Gasteiger partial charge is 0.367 e. The number of benzene rings is 1. The van der Waals surface area contributed by atoms with Crippen molar-refractivity contribution in [3.05, 3.63) is 41.6 Å². The minimum atomic E-state index is 0.514. The fraction of sp³-hybridized carbons (Fsp3) is 0.389. The van der Waals surface area contributed by atoms with Crippen molar-refractivity contribution in [1.29, 1.82) is 5.26 Å². The summed E-state index contributed by atoms with van der Waals surface area (Å²) >= 11 is 0. The summed E-state index contributed by atoms with van der Waals surface area (Å²) < 4.78 is 0. The lowest BCUT2D eigenvalue weighted by Crippen LogP contribution is -2.23. The van der Waals surface area contributed by atoms with Crippen LogP contribution < -0.4 is 10.6 Å². The van der Waals surface area contributed by atoms with E-state index in [1.54, 1.807) is 12.1 Å². The number of aromatic nitrogens is 2. The molecule has 2 aromatic rings. The van der Waals surface area contributed by atoms with E-state index in [0.717, 1.165) is 17.1 Å². The van der Waals surface area contributed by atoms with Gasteiger partial charge in [-0.1, -0.05) is 19.3 Å². The summed E-state index contributed by atoms with van der Waals surface area (Å²) in [5.74, 6) is 1.47. The van der Waals surface area contributed by atoms with Crippen molar-refractivity contribution >= 4 is 17.5 Å². The van der Waals surface area contributed by atoms with Crippen LogP contribution in [0.1, 0.15) is 43.2 Å². The molecule has 0 radical (unpaired) electrons. The van der Waals surface area contributed by atoms with Crippen LogP contribution in [0.25, 0.3) is 0 Å². The van der Waals surface area contributed by atoms with Crippen molar-refractivity contribution in [3.63, 3.8) is 0 Å². The minimum absolute atomic E-state index is 0.514. The molecule has 0 aliphatic heterocycles. The number of anilines is 3. The van der Waals surface area contributed by atoms with E-state index in [0.29, 0.717) is 17.6 Å². The fourth-order valence-electron chi connectivity index (χ4n) is 2.85. The maximum Gasteiger partial charge on any atom is 0.229 e. The van der Waals surface area contributed by atoms with Crippen molar-refractivity contribution in [1.82, 2.24) is 9.97 Å². The van der Waals surface area contributed by atoms with Gasteiger partial charge in [-0.2, -0.15) is 10.2 Å². The Bertz CT molecular complexity index is 696. The zero-order valence-corrected chi connectivity index (χ0v) is 13.3. The molecule has 0 spiro atoms. The molecule has 5 nitrogen and oxygen atoms in total. The first kappa shape index (κ1) is 15.3. The Kier molecular flexibility index (Phi) is 4.72. The van der Waals surface area contributed by atoms with Gasteiger partial charge in [-0.3, -0.25) is 0 Å². The van der Waals surface area contributed by atoms with E-state index in [1.807, 2.05) is 25.3 Å². The van der Waals surface area contributed by atoms with Crippen LogP contribution in [0.5, 0.6) is 0 Å². The molecular weight excluding hydrogens is 286 g/mol. The number of nitriles is 1. The lowest BCUT2D eigenvalue weighted by atomic mass is 9.95. The summed E-state index contributed by atoms with van der Waals surface area (Å²) in [6, 6.07) is 9.89. The highest BCUT2D eigenvalue weighted by Gasteiger charge is 2.15. The summed E-state index contributed by atoms with van der Waals surface area (Å²) in [4.78, 5) is 8.95. The van der Waals surface area contributed by atoms with E-state index in [9.17, 15) is 0 Å². The third-order valence-corrected chi connectivity index (χ3v) is 4.19. The van der Waals surface area contributed by atoms with E-state index in [1.165, 1.54) is 32.1 Å². The molecule has 1 heterocycles. The monoisotopic (exact) mass is 307 g/mol. The Labute approximate surface area is 136 Å². The van der Waals surface area contributed by atoms with Crippen LogP contribution in [0.15, 0.2) is 30.5 Å². The number of rotatable bonds is 4. The summed E-state index contributed by atoms with van der Waals surface area (Å²) in [6.45, 7) is 2.02. The molecule has 2 N–H and O–H groups in total. The van der Waals surface area contributed by atoms with E-state index in [4.69, 9.17) is 5.26 Å². The molecule has 0 amide bonds. The molecule has 1 aliphatic rings. The Balaban J connectivity index is 1.72. The number of hydrogen-bond acceptors (Lipinski definition) is 5. The van der Waals surface area contributed by atoms with Gasteiger partial charge >= 0.3 is 0 Å². The first-order valence-electron chi connectivity index (χ1n) is 8.12. The molecule has 23 heavy (non-hydrogen) atoms. The van der Waals surface area contributed by atoms with Crippen LogP contribution in [0.2, 0.25) is 0 Å². The van der Waals surface area contributed by atoms with Crippen molar-refractivity contribution < 1.29 is 0 Å². The summed E-state index contributed by atoms with van der Waals surface area (Å²) in [7, 11) is 0. The number of aryl methyl sites for hydroxylation is 1. The predicted octanol–water partition coefficient (Wildman–Crippen LogP) is 4.14. The van der Waals surface area contributed by atoms with Crippen LogP contribution in [-0.2, 0) is 0 Å².